The summed E-state index contributed by atoms with van der Waals surface area (Å²) in [5.41, 5.74) is 5.53. The van der Waals surface area contributed by atoms with Gasteiger partial charge in [-0.3, -0.25) is 9.69 Å². The summed E-state index contributed by atoms with van der Waals surface area (Å²) in [4.78, 5) is 19.6. The lowest BCUT2D eigenvalue weighted by Gasteiger charge is -2.35. The monoisotopic (exact) mass is 388 g/mol. The molecule has 0 saturated heterocycles. The van der Waals surface area contributed by atoms with E-state index in [1.807, 2.05) is 0 Å². The fourth-order valence-electron chi connectivity index (χ4n) is 5.87. The van der Waals surface area contributed by atoms with Gasteiger partial charge in [0.1, 0.15) is 5.54 Å². The highest BCUT2D eigenvalue weighted by atomic mass is 16.2. The number of carbonyl (C=O) groups excluding carboxylic acids is 1. The third-order valence-corrected chi connectivity index (χ3v) is 7.87. The van der Waals surface area contributed by atoms with Gasteiger partial charge >= 0.3 is 0 Å². The van der Waals surface area contributed by atoms with E-state index in [1.54, 1.807) is 11.9 Å². The highest BCUT2D eigenvalue weighted by molar-refractivity contribution is 6.06. The lowest BCUT2D eigenvalue weighted by molar-refractivity contribution is -0.131. The molecular weight excluding hydrogens is 348 g/mol. The summed E-state index contributed by atoms with van der Waals surface area (Å²) < 4.78 is 0. The molecule has 1 heterocycles. The van der Waals surface area contributed by atoms with Crippen molar-refractivity contribution >= 4 is 11.9 Å². The summed E-state index contributed by atoms with van der Waals surface area (Å²) in [6.45, 7) is 1.19. The van der Waals surface area contributed by atoms with Crippen molar-refractivity contribution < 1.29 is 4.79 Å². The van der Waals surface area contributed by atoms with Crippen LogP contribution in [0.1, 0.15) is 89.9 Å². The van der Waals surface area contributed by atoms with E-state index in [1.165, 1.54) is 77.2 Å². The van der Waals surface area contributed by atoms with Crippen LogP contribution in [0.5, 0.6) is 0 Å². The summed E-state index contributed by atoms with van der Waals surface area (Å²) in [7, 11) is 1.80. The Hall–Kier alpha value is -1.10. The SMILES string of the molecule is CN1C(=O)[C@@](CCC2CCCCC2)(CC2CCC[C@@H](NCC3CC3)C2)N=C1N. The lowest BCUT2D eigenvalue weighted by Crippen LogP contribution is -2.45. The minimum absolute atomic E-state index is 0.147. The van der Waals surface area contributed by atoms with Crippen molar-refractivity contribution in [1.29, 1.82) is 0 Å². The number of nitrogens with one attached hydrogen (secondary N) is 1. The van der Waals surface area contributed by atoms with E-state index in [0.717, 1.165) is 31.1 Å². The van der Waals surface area contributed by atoms with E-state index in [0.29, 0.717) is 17.9 Å². The number of rotatable bonds is 8. The number of guanidine groups is 1. The van der Waals surface area contributed by atoms with Gasteiger partial charge in [-0.1, -0.05) is 44.9 Å². The summed E-state index contributed by atoms with van der Waals surface area (Å²) in [6, 6.07) is 0.630. The predicted molar refractivity (Wildman–Crippen MR) is 114 cm³/mol. The van der Waals surface area contributed by atoms with Crippen LogP contribution in [0.3, 0.4) is 0 Å². The largest absolute Gasteiger partial charge is 0.369 e. The molecule has 5 nitrogen and oxygen atoms in total. The number of carbonyl (C=O) groups is 1. The molecule has 0 aromatic carbocycles. The minimum atomic E-state index is -0.584. The summed E-state index contributed by atoms with van der Waals surface area (Å²) >= 11 is 0. The van der Waals surface area contributed by atoms with E-state index < -0.39 is 5.54 Å². The lowest BCUT2D eigenvalue weighted by atomic mass is 9.74. The Bertz CT molecular complexity index is 581. The fourth-order valence-corrected chi connectivity index (χ4v) is 5.87. The summed E-state index contributed by atoms with van der Waals surface area (Å²) in [5.74, 6) is 2.86. The van der Waals surface area contributed by atoms with Crippen LogP contribution in [0, 0.1) is 17.8 Å². The molecule has 0 aromatic rings. The quantitative estimate of drug-likeness (QED) is 0.664. The van der Waals surface area contributed by atoms with E-state index >= 15 is 0 Å². The van der Waals surface area contributed by atoms with Crippen LogP contribution in [0.2, 0.25) is 0 Å². The van der Waals surface area contributed by atoms with E-state index in [9.17, 15) is 4.79 Å². The Morgan fingerprint density at radius 2 is 1.79 bits per heavy atom. The van der Waals surface area contributed by atoms with Gasteiger partial charge < -0.3 is 11.1 Å². The fraction of sp³-hybridized carbons (Fsp3) is 0.913. The number of nitrogens with zero attached hydrogens (tertiary/aromatic N) is 2. The van der Waals surface area contributed by atoms with Gasteiger partial charge in [-0.15, -0.1) is 0 Å². The standard InChI is InChI=1S/C23H40N4O/c1-27-21(28)23(26-22(27)24,13-12-17-6-3-2-4-7-17)15-19-8-5-9-20(14-19)25-16-18-10-11-18/h17-20,25H,2-16H2,1H3,(H2,24,26)/t19?,20-,23-/m1/s1. The van der Waals surface area contributed by atoms with Gasteiger partial charge in [0.25, 0.3) is 5.91 Å². The van der Waals surface area contributed by atoms with Crippen LogP contribution in [-0.4, -0.2) is 41.9 Å². The molecule has 1 unspecified atom stereocenters. The van der Waals surface area contributed by atoms with Crippen molar-refractivity contribution in [3.63, 3.8) is 0 Å². The molecule has 0 radical (unpaired) electrons. The van der Waals surface area contributed by atoms with Gasteiger partial charge in [0.05, 0.1) is 0 Å². The van der Waals surface area contributed by atoms with Crippen molar-refractivity contribution in [3.8, 4) is 0 Å². The van der Waals surface area contributed by atoms with Crippen LogP contribution in [-0.2, 0) is 4.79 Å². The van der Waals surface area contributed by atoms with Crippen molar-refractivity contribution in [2.75, 3.05) is 13.6 Å². The number of amides is 1. The number of likely N-dealkylation sites (N-methyl/N-ethyl adjacent to an activating group) is 1. The Morgan fingerprint density at radius 3 is 2.46 bits per heavy atom. The van der Waals surface area contributed by atoms with E-state index in [-0.39, 0.29) is 5.91 Å². The molecule has 28 heavy (non-hydrogen) atoms. The highest BCUT2D eigenvalue weighted by Crippen LogP contribution is 2.40. The van der Waals surface area contributed by atoms with Crippen LogP contribution in [0.15, 0.2) is 4.99 Å². The maximum Gasteiger partial charge on any atom is 0.257 e. The Morgan fingerprint density at radius 1 is 1.04 bits per heavy atom. The van der Waals surface area contributed by atoms with E-state index in [2.05, 4.69) is 5.32 Å². The Balaban J connectivity index is 1.39. The molecule has 3 saturated carbocycles. The summed E-state index contributed by atoms with van der Waals surface area (Å²) in [5, 5.41) is 3.81. The van der Waals surface area contributed by atoms with Gasteiger partial charge in [0, 0.05) is 13.1 Å². The molecule has 4 aliphatic rings. The van der Waals surface area contributed by atoms with Crippen LogP contribution in [0.4, 0.5) is 0 Å². The molecule has 1 aliphatic heterocycles. The second-order valence-corrected chi connectivity index (χ2v) is 10.2. The first-order valence-electron chi connectivity index (χ1n) is 11.9. The van der Waals surface area contributed by atoms with Crippen molar-refractivity contribution in [3.05, 3.63) is 0 Å². The zero-order chi connectivity index (χ0) is 19.6. The molecule has 0 spiro atoms. The molecule has 0 bridgehead atoms. The molecule has 1 amide bonds. The van der Waals surface area contributed by atoms with Crippen LogP contribution in [0.25, 0.3) is 0 Å². The van der Waals surface area contributed by atoms with E-state index in [4.69, 9.17) is 10.7 Å². The zero-order valence-electron chi connectivity index (χ0n) is 17.8. The molecule has 3 aliphatic carbocycles. The second-order valence-electron chi connectivity index (χ2n) is 10.2. The molecule has 158 valence electrons. The van der Waals surface area contributed by atoms with Crippen molar-refractivity contribution in [2.24, 2.45) is 28.5 Å². The summed E-state index contributed by atoms with van der Waals surface area (Å²) in [6.07, 6.45) is 17.5. The average Bonchev–Trinajstić information content (AvgIpc) is 3.52. The first-order chi connectivity index (χ1) is 13.6. The molecule has 0 aromatic heterocycles. The van der Waals surface area contributed by atoms with Gasteiger partial charge in [0.2, 0.25) is 0 Å². The number of aliphatic imine (C=N–C) groups is 1. The number of hydrogen-bond acceptors (Lipinski definition) is 4. The molecule has 3 fully saturated rings. The topological polar surface area (TPSA) is 70.7 Å². The van der Waals surface area contributed by atoms with Gasteiger partial charge in [-0.25, -0.2) is 4.99 Å². The van der Waals surface area contributed by atoms with Crippen molar-refractivity contribution in [1.82, 2.24) is 10.2 Å². The molecule has 3 atom stereocenters. The maximum absolute atomic E-state index is 13.2. The molecule has 3 N–H and O–H groups in total. The Labute approximate surface area is 170 Å². The van der Waals surface area contributed by atoms with Crippen molar-refractivity contribution in [2.45, 2.75) is 101 Å². The molecule has 5 heteroatoms. The smallest absolute Gasteiger partial charge is 0.257 e. The van der Waals surface area contributed by atoms with Crippen LogP contribution < -0.4 is 11.1 Å². The Kier molecular flexibility index (Phi) is 6.29. The van der Waals surface area contributed by atoms with Crippen LogP contribution >= 0.6 is 0 Å². The van der Waals surface area contributed by atoms with Gasteiger partial charge in [0.15, 0.2) is 5.96 Å². The second kappa shape index (κ2) is 8.73. The first kappa shape index (κ1) is 20.2. The number of hydrogen-bond donors (Lipinski definition) is 2. The third kappa shape index (κ3) is 4.72. The average molecular weight is 389 g/mol. The molecular formula is C23H40N4O. The van der Waals surface area contributed by atoms with Gasteiger partial charge in [-0.05, 0) is 69.2 Å². The predicted octanol–water partition coefficient (Wildman–Crippen LogP) is 3.82. The minimum Gasteiger partial charge on any atom is -0.369 e. The highest BCUT2D eigenvalue weighted by Gasteiger charge is 2.48. The first-order valence-corrected chi connectivity index (χ1v) is 11.9. The zero-order valence-corrected chi connectivity index (χ0v) is 17.8. The normalized spacial score (nSPS) is 34.7. The third-order valence-electron chi connectivity index (χ3n) is 7.87. The van der Waals surface area contributed by atoms with Gasteiger partial charge in [-0.2, -0.15) is 0 Å². The number of nitrogens with two attached hydrogens (primary N) is 1. The maximum atomic E-state index is 13.2. The molecule has 4 rings (SSSR count).